The Morgan fingerprint density at radius 3 is 2.96 bits per heavy atom. The topological polar surface area (TPSA) is 79.9 Å². The summed E-state index contributed by atoms with van der Waals surface area (Å²) in [5.74, 6) is 0.700. The van der Waals surface area contributed by atoms with E-state index in [-0.39, 0.29) is 11.9 Å². The largest absolute Gasteiger partial charge is 0.490 e. The molecule has 2 heterocycles. The molecule has 130 valence electrons. The standard InChI is InChI=1S/C19H22N4O2/c1-13-19(16-7-5-9-18(24)21-16)14(2)23(22-13)10-11-25-17-8-4-3-6-15(17)12-20/h3-4,6,8,16H,5,7,9-11H2,1-2H3,(H,21,24). The van der Waals surface area contributed by atoms with Gasteiger partial charge in [0, 0.05) is 17.7 Å². The highest BCUT2D eigenvalue weighted by Gasteiger charge is 2.25. The molecule has 0 bridgehead atoms. The van der Waals surface area contributed by atoms with Crippen LogP contribution < -0.4 is 10.1 Å². The van der Waals surface area contributed by atoms with Gasteiger partial charge >= 0.3 is 0 Å². The molecule has 1 unspecified atom stereocenters. The molecular formula is C19H22N4O2. The van der Waals surface area contributed by atoms with Crippen LogP contribution >= 0.6 is 0 Å². The second kappa shape index (κ2) is 7.39. The maximum atomic E-state index is 11.7. The molecule has 3 rings (SSSR count). The molecule has 1 aliphatic rings. The highest BCUT2D eigenvalue weighted by Crippen LogP contribution is 2.28. The Morgan fingerprint density at radius 2 is 2.20 bits per heavy atom. The van der Waals surface area contributed by atoms with Crippen molar-refractivity contribution < 1.29 is 9.53 Å². The van der Waals surface area contributed by atoms with Crippen molar-refractivity contribution in [1.29, 1.82) is 5.26 Å². The maximum absolute atomic E-state index is 11.7. The summed E-state index contributed by atoms with van der Waals surface area (Å²) in [5, 5.41) is 16.8. The summed E-state index contributed by atoms with van der Waals surface area (Å²) in [6, 6.07) is 9.38. The van der Waals surface area contributed by atoms with Gasteiger partial charge in [0.25, 0.3) is 0 Å². The van der Waals surface area contributed by atoms with Gasteiger partial charge in [0.05, 0.1) is 23.8 Å². The summed E-state index contributed by atoms with van der Waals surface area (Å²) in [4.78, 5) is 11.7. The van der Waals surface area contributed by atoms with Crippen molar-refractivity contribution in [2.45, 2.75) is 45.7 Å². The minimum atomic E-state index is 0.0511. The van der Waals surface area contributed by atoms with Crippen molar-refractivity contribution in [2.24, 2.45) is 0 Å². The van der Waals surface area contributed by atoms with Gasteiger partial charge in [0.2, 0.25) is 5.91 Å². The molecule has 1 fully saturated rings. The van der Waals surface area contributed by atoms with E-state index >= 15 is 0 Å². The molecule has 1 amide bonds. The Labute approximate surface area is 147 Å². The molecule has 1 aliphatic heterocycles. The van der Waals surface area contributed by atoms with Crippen molar-refractivity contribution >= 4 is 5.91 Å². The number of hydrogen-bond acceptors (Lipinski definition) is 4. The van der Waals surface area contributed by atoms with E-state index in [9.17, 15) is 4.79 Å². The molecule has 2 aromatic rings. The number of aromatic nitrogens is 2. The fraction of sp³-hybridized carbons (Fsp3) is 0.421. The highest BCUT2D eigenvalue weighted by atomic mass is 16.5. The van der Waals surface area contributed by atoms with Crippen LogP contribution in [0.5, 0.6) is 5.75 Å². The van der Waals surface area contributed by atoms with Crippen LogP contribution in [0.4, 0.5) is 0 Å². The number of nitrogens with one attached hydrogen (secondary N) is 1. The number of nitrogens with zero attached hydrogens (tertiary/aromatic N) is 3. The number of ether oxygens (including phenoxy) is 1. The Bertz CT molecular complexity index is 819. The Morgan fingerprint density at radius 1 is 1.40 bits per heavy atom. The predicted octanol–water partition coefficient (Wildman–Crippen LogP) is 2.79. The van der Waals surface area contributed by atoms with Gasteiger partial charge in [-0.1, -0.05) is 12.1 Å². The number of hydrogen-bond donors (Lipinski definition) is 1. The Hall–Kier alpha value is -2.81. The number of amides is 1. The molecule has 0 radical (unpaired) electrons. The van der Waals surface area contributed by atoms with Crippen molar-refractivity contribution in [3.8, 4) is 11.8 Å². The molecular weight excluding hydrogens is 316 g/mol. The number of piperidine rings is 1. The van der Waals surface area contributed by atoms with Crippen molar-refractivity contribution in [3.63, 3.8) is 0 Å². The molecule has 0 aliphatic carbocycles. The zero-order valence-corrected chi connectivity index (χ0v) is 14.6. The summed E-state index contributed by atoms with van der Waals surface area (Å²) in [6.45, 7) is 5.02. The van der Waals surface area contributed by atoms with Crippen LogP contribution in [0, 0.1) is 25.2 Å². The van der Waals surface area contributed by atoms with Crippen molar-refractivity contribution in [1.82, 2.24) is 15.1 Å². The van der Waals surface area contributed by atoms with E-state index in [0.29, 0.717) is 30.9 Å². The lowest BCUT2D eigenvalue weighted by molar-refractivity contribution is -0.123. The van der Waals surface area contributed by atoms with Crippen LogP contribution in [0.15, 0.2) is 24.3 Å². The first-order valence-corrected chi connectivity index (χ1v) is 8.55. The summed E-state index contributed by atoms with van der Waals surface area (Å²) in [5.41, 5.74) is 3.65. The molecule has 6 nitrogen and oxygen atoms in total. The van der Waals surface area contributed by atoms with E-state index in [1.54, 1.807) is 12.1 Å². The number of carbonyl (C=O) groups is 1. The van der Waals surface area contributed by atoms with Crippen LogP contribution in [0.1, 0.15) is 47.8 Å². The van der Waals surface area contributed by atoms with Crippen molar-refractivity contribution in [2.75, 3.05) is 6.61 Å². The minimum Gasteiger partial charge on any atom is -0.490 e. The van der Waals surface area contributed by atoms with Crippen LogP contribution in [0.3, 0.4) is 0 Å². The summed E-state index contributed by atoms with van der Waals surface area (Å²) < 4.78 is 7.66. The summed E-state index contributed by atoms with van der Waals surface area (Å²) >= 11 is 0. The molecule has 1 saturated heterocycles. The van der Waals surface area contributed by atoms with Gasteiger partial charge in [-0.3, -0.25) is 9.48 Å². The van der Waals surface area contributed by atoms with Gasteiger partial charge in [-0.15, -0.1) is 0 Å². The van der Waals surface area contributed by atoms with Crippen LogP contribution in [-0.2, 0) is 11.3 Å². The van der Waals surface area contributed by atoms with Crippen LogP contribution in [0.2, 0.25) is 0 Å². The zero-order valence-electron chi connectivity index (χ0n) is 14.6. The van der Waals surface area contributed by atoms with E-state index in [4.69, 9.17) is 10.00 Å². The molecule has 1 aromatic carbocycles. The first-order valence-electron chi connectivity index (χ1n) is 8.55. The van der Waals surface area contributed by atoms with E-state index in [2.05, 4.69) is 16.5 Å². The molecule has 6 heteroatoms. The summed E-state index contributed by atoms with van der Waals surface area (Å²) in [6.07, 6.45) is 2.47. The number of nitriles is 1. The number of benzene rings is 1. The highest BCUT2D eigenvalue weighted by molar-refractivity contribution is 5.77. The lowest BCUT2D eigenvalue weighted by atomic mass is 9.96. The van der Waals surface area contributed by atoms with Gasteiger partial charge in [0.15, 0.2) is 0 Å². The molecule has 25 heavy (non-hydrogen) atoms. The average molecular weight is 338 g/mol. The van der Waals surface area contributed by atoms with Gasteiger partial charge in [0.1, 0.15) is 18.4 Å². The average Bonchev–Trinajstić information content (AvgIpc) is 2.89. The van der Waals surface area contributed by atoms with Crippen LogP contribution in [-0.4, -0.2) is 22.3 Å². The third kappa shape index (κ3) is 3.66. The van der Waals surface area contributed by atoms with Gasteiger partial charge in [-0.05, 0) is 38.8 Å². The van der Waals surface area contributed by atoms with Gasteiger partial charge in [-0.25, -0.2) is 0 Å². The molecule has 1 atom stereocenters. The molecule has 0 saturated carbocycles. The second-order valence-corrected chi connectivity index (χ2v) is 6.28. The number of para-hydroxylation sites is 1. The quantitative estimate of drug-likeness (QED) is 0.909. The zero-order chi connectivity index (χ0) is 17.8. The monoisotopic (exact) mass is 338 g/mol. The van der Waals surface area contributed by atoms with E-state index < -0.39 is 0 Å². The molecule has 1 N–H and O–H groups in total. The third-order valence-corrected chi connectivity index (χ3v) is 4.59. The fourth-order valence-corrected chi connectivity index (χ4v) is 3.38. The van der Waals surface area contributed by atoms with Crippen molar-refractivity contribution in [3.05, 3.63) is 46.8 Å². The van der Waals surface area contributed by atoms with Gasteiger partial charge in [-0.2, -0.15) is 10.4 Å². The third-order valence-electron chi connectivity index (χ3n) is 4.59. The smallest absolute Gasteiger partial charge is 0.220 e. The SMILES string of the molecule is Cc1nn(CCOc2ccccc2C#N)c(C)c1C1CCCC(=O)N1. The molecule has 1 aromatic heterocycles. The van der Waals surface area contributed by atoms with E-state index in [1.165, 1.54) is 0 Å². The van der Waals surface area contributed by atoms with E-state index in [1.807, 2.05) is 30.7 Å². The predicted molar refractivity (Wildman–Crippen MR) is 93.1 cm³/mol. The second-order valence-electron chi connectivity index (χ2n) is 6.28. The fourth-order valence-electron chi connectivity index (χ4n) is 3.38. The normalized spacial score (nSPS) is 17.0. The Balaban J connectivity index is 1.68. The molecule has 0 spiro atoms. The first kappa shape index (κ1) is 17.0. The number of carbonyl (C=O) groups excluding carboxylic acids is 1. The maximum Gasteiger partial charge on any atom is 0.220 e. The summed E-state index contributed by atoms with van der Waals surface area (Å²) in [7, 11) is 0. The van der Waals surface area contributed by atoms with Crippen LogP contribution in [0.25, 0.3) is 0 Å². The van der Waals surface area contributed by atoms with Gasteiger partial charge < -0.3 is 10.1 Å². The number of aryl methyl sites for hydroxylation is 1. The minimum absolute atomic E-state index is 0.0511. The number of rotatable bonds is 5. The lowest BCUT2D eigenvalue weighted by Gasteiger charge is -2.23. The lowest BCUT2D eigenvalue weighted by Crippen LogP contribution is -2.33. The Kier molecular flexibility index (Phi) is 5.03. The van der Waals surface area contributed by atoms with E-state index in [0.717, 1.165) is 29.8 Å². The first-order chi connectivity index (χ1) is 12.1.